The molecule has 0 aromatic heterocycles. The predicted octanol–water partition coefficient (Wildman–Crippen LogP) is -0.229. The maximum absolute atomic E-state index is 13.5. The van der Waals surface area contributed by atoms with Crippen molar-refractivity contribution in [2.75, 3.05) is 19.7 Å². The largest absolute Gasteiger partial charge is 0.455 e. The van der Waals surface area contributed by atoms with E-state index in [1.165, 1.54) is 0 Å². The lowest BCUT2D eigenvalue weighted by atomic mass is 10.3. The zero-order valence-electron chi connectivity index (χ0n) is 13.3. The Morgan fingerprint density at radius 2 is 1.77 bits per heavy atom. The van der Waals surface area contributed by atoms with Gasteiger partial charge in [-0.15, -0.1) is 0 Å². The van der Waals surface area contributed by atoms with Crippen LogP contribution in [0.15, 0.2) is 17.0 Å². The van der Waals surface area contributed by atoms with Crippen LogP contribution in [0.4, 0.5) is 18.0 Å². The summed E-state index contributed by atoms with van der Waals surface area (Å²) in [7, 11) is -4.69. The molecule has 0 aliphatic rings. The Balaban J connectivity index is 2.58. The van der Waals surface area contributed by atoms with Crippen molar-refractivity contribution in [2.24, 2.45) is 0 Å². The molecule has 0 aliphatic carbocycles. The van der Waals surface area contributed by atoms with Crippen LogP contribution in [0, 0.1) is 17.5 Å². The topological polar surface area (TPSA) is 131 Å². The first-order chi connectivity index (χ1) is 12.1. The maximum Gasteiger partial charge on any atom is 0.321 e. The van der Waals surface area contributed by atoms with E-state index in [0.717, 1.165) is 0 Å². The molecule has 1 rings (SSSR count). The number of nitrogens with one attached hydrogen (secondary N) is 3. The van der Waals surface area contributed by atoms with Gasteiger partial charge in [-0.05, 0) is 19.1 Å². The first kappa shape index (κ1) is 21.4. The van der Waals surface area contributed by atoms with Crippen molar-refractivity contribution >= 4 is 27.9 Å². The van der Waals surface area contributed by atoms with Crippen molar-refractivity contribution in [3.63, 3.8) is 0 Å². The molecule has 0 radical (unpaired) electrons. The monoisotopic (exact) mass is 397 g/mol. The van der Waals surface area contributed by atoms with Gasteiger partial charge < -0.3 is 10.1 Å². The number of hydrogen-bond donors (Lipinski definition) is 3. The number of amides is 3. The van der Waals surface area contributed by atoms with Gasteiger partial charge in [0.15, 0.2) is 24.1 Å². The second kappa shape index (κ2) is 9.15. The summed E-state index contributed by atoms with van der Waals surface area (Å²) in [5, 5.41) is 4.07. The summed E-state index contributed by atoms with van der Waals surface area (Å²) in [6, 6.07) is 0.0566. The summed E-state index contributed by atoms with van der Waals surface area (Å²) in [5.74, 6) is -7.73. The molecule has 9 nitrogen and oxygen atoms in total. The van der Waals surface area contributed by atoms with E-state index >= 15 is 0 Å². The van der Waals surface area contributed by atoms with Gasteiger partial charge >= 0.3 is 12.0 Å². The van der Waals surface area contributed by atoms with E-state index in [1.807, 2.05) is 5.32 Å². The normalized spacial score (nSPS) is 10.9. The fourth-order valence-corrected chi connectivity index (χ4v) is 2.55. The highest BCUT2D eigenvalue weighted by atomic mass is 32.2. The second-order valence-electron chi connectivity index (χ2n) is 4.57. The molecule has 26 heavy (non-hydrogen) atoms. The van der Waals surface area contributed by atoms with Gasteiger partial charge in [0.2, 0.25) is 10.0 Å². The highest BCUT2D eigenvalue weighted by Gasteiger charge is 2.24. The molecule has 0 bridgehead atoms. The zero-order chi connectivity index (χ0) is 19.9. The quantitative estimate of drug-likeness (QED) is 0.430. The molecule has 144 valence electrons. The lowest BCUT2D eigenvalue weighted by molar-refractivity contribution is -0.147. The number of sulfonamides is 1. The van der Waals surface area contributed by atoms with E-state index in [2.05, 4.69) is 10.1 Å². The Kier molecular flexibility index (Phi) is 7.52. The maximum atomic E-state index is 13.5. The van der Waals surface area contributed by atoms with Crippen molar-refractivity contribution in [2.45, 2.75) is 11.8 Å². The van der Waals surface area contributed by atoms with Crippen LogP contribution in [0.3, 0.4) is 0 Å². The number of urea groups is 1. The number of rotatable bonds is 7. The summed E-state index contributed by atoms with van der Waals surface area (Å²) in [6.07, 6.45) is 0. The first-order valence-electron chi connectivity index (χ1n) is 6.95. The average molecular weight is 397 g/mol. The molecule has 0 saturated carbocycles. The SMILES string of the molecule is CCNC(=O)NC(=O)COC(=O)CNS(=O)(=O)c1ccc(F)c(F)c1F. The van der Waals surface area contributed by atoms with Gasteiger partial charge in [0, 0.05) is 6.54 Å². The number of ether oxygens (including phenoxy) is 1. The van der Waals surface area contributed by atoms with Gasteiger partial charge in [-0.3, -0.25) is 14.9 Å². The average Bonchev–Trinajstić information content (AvgIpc) is 2.56. The second-order valence-corrected chi connectivity index (χ2v) is 6.30. The number of carbonyl (C=O) groups is 3. The standard InChI is InChI=1S/C13H14F3N3O6S/c1-2-17-13(22)19-9(20)6-25-10(21)5-18-26(23,24)8-4-3-7(14)11(15)12(8)16/h3-4,18H,2,5-6H2,1H3,(H2,17,19,20,22). The lowest BCUT2D eigenvalue weighted by Gasteiger charge is -2.09. The van der Waals surface area contributed by atoms with E-state index in [0.29, 0.717) is 12.1 Å². The van der Waals surface area contributed by atoms with Crippen molar-refractivity contribution < 1.29 is 40.7 Å². The molecule has 3 N–H and O–H groups in total. The van der Waals surface area contributed by atoms with Crippen LogP contribution in [-0.2, 0) is 24.3 Å². The van der Waals surface area contributed by atoms with Gasteiger partial charge in [0.1, 0.15) is 11.4 Å². The molecule has 0 fully saturated rings. The molecule has 0 aliphatic heterocycles. The first-order valence-corrected chi connectivity index (χ1v) is 8.43. The number of hydrogen-bond acceptors (Lipinski definition) is 6. The fourth-order valence-electron chi connectivity index (χ4n) is 1.51. The summed E-state index contributed by atoms with van der Waals surface area (Å²) >= 11 is 0. The highest BCUT2D eigenvalue weighted by Crippen LogP contribution is 2.19. The van der Waals surface area contributed by atoms with Crippen LogP contribution < -0.4 is 15.4 Å². The van der Waals surface area contributed by atoms with Crippen molar-refractivity contribution in [1.82, 2.24) is 15.4 Å². The number of imide groups is 1. The fraction of sp³-hybridized carbons (Fsp3) is 0.308. The summed E-state index contributed by atoms with van der Waals surface area (Å²) in [6.45, 7) is -0.0420. The van der Waals surface area contributed by atoms with E-state index in [1.54, 1.807) is 11.6 Å². The molecular formula is C13H14F3N3O6S. The minimum absolute atomic E-state index is 0.251. The van der Waals surface area contributed by atoms with Crippen molar-refractivity contribution in [1.29, 1.82) is 0 Å². The molecule has 3 amide bonds. The molecule has 1 aromatic carbocycles. The Hall–Kier alpha value is -2.67. The summed E-state index contributed by atoms with van der Waals surface area (Å²) in [4.78, 5) is 32.5. The van der Waals surface area contributed by atoms with E-state index in [-0.39, 0.29) is 6.54 Å². The summed E-state index contributed by atoms with van der Waals surface area (Å²) in [5.41, 5.74) is 0. The number of halogens is 3. The van der Waals surface area contributed by atoms with Crippen molar-refractivity contribution in [3.05, 3.63) is 29.6 Å². The predicted molar refractivity (Wildman–Crippen MR) is 79.7 cm³/mol. The summed E-state index contributed by atoms with van der Waals surface area (Å²) < 4.78 is 69.0. The zero-order valence-corrected chi connectivity index (χ0v) is 14.1. The van der Waals surface area contributed by atoms with Gasteiger partial charge in [-0.2, -0.15) is 4.72 Å². The molecule has 0 unspecified atom stereocenters. The van der Waals surface area contributed by atoms with Gasteiger partial charge in [-0.25, -0.2) is 26.4 Å². The number of benzene rings is 1. The van der Waals surface area contributed by atoms with Crippen LogP contribution in [0.1, 0.15) is 6.92 Å². The van der Waals surface area contributed by atoms with E-state index < -0.39 is 63.4 Å². The Bertz CT molecular complexity index is 816. The Labute approximate surface area is 145 Å². The molecule has 1 aromatic rings. The molecule has 0 spiro atoms. The Morgan fingerprint density at radius 1 is 1.12 bits per heavy atom. The smallest absolute Gasteiger partial charge is 0.321 e. The third kappa shape index (κ3) is 6.00. The number of carbonyl (C=O) groups excluding carboxylic acids is 3. The van der Waals surface area contributed by atoms with E-state index in [4.69, 9.17) is 0 Å². The minimum Gasteiger partial charge on any atom is -0.455 e. The van der Waals surface area contributed by atoms with Crippen LogP contribution >= 0.6 is 0 Å². The highest BCUT2D eigenvalue weighted by molar-refractivity contribution is 7.89. The molecular weight excluding hydrogens is 383 g/mol. The van der Waals surface area contributed by atoms with Gasteiger partial charge in [0.05, 0.1) is 0 Å². The third-order valence-electron chi connectivity index (χ3n) is 2.65. The van der Waals surface area contributed by atoms with Crippen molar-refractivity contribution in [3.8, 4) is 0 Å². The van der Waals surface area contributed by atoms with Crippen LogP contribution in [0.25, 0.3) is 0 Å². The lowest BCUT2D eigenvalue weighted by Crippen LogP contribution is -2.41. The van der Waals surface area contributed by atoms with Crippen LogP contribution in [-0.4, -0.2) is 46.0 Å². The molecule has 0 atom stereocenters. The Morgan fingerprint density at radius 3 is 2.38 bits per heavy atom. The van der Waals surface area contributed by atoms with Gasteiger partial charge in [-0.1, -0.05) is 0 Å². The molecule has 13 heteroatoms. The molecule has 0 saturated heterocycles. The van der Waals surface area contributed by atoms with Crippen LogP contribution in [0.5, 0.6) is 0 Å². The van der Waals surface area contributed by atoms with Crippen LogP contribution in [0.2, 0.25) is 0 Å². The minimum atomic E-state index is -4.69. The van der Waals surface area contributed by atoms with E-state index in [9.17, 15) is 36.0 Å². The van der Waals surface area contributed by atoms with Gasteiger partial charge in [0.25, 0.3) is 5.91 Å². The third-order valence-corrected chi connectivity index (χ3v) is 4.07. The molecule has 0 heterocycles. The number of esters is 1.